The summed E-state index contributed by atoms with van der Waals surface area (Å²) >= 11 is 0. The lowest BCUT2D eigenvalue weighted by Gasteiger charge is -2.37. The number of ether oxygens (including phenoxy) is 1. The van der Waals surface area contributed by atoms with Crippen LogP contribution in [0.1, 0.15) is 52.9 Å². The van der Waals surface area contributed by atoms with Crippen LogP contribution in [-0.2, 0) is 9.53 Å². The van der Waals surface area contributed by atoms with Crippen molar-refractivity contribution in [2.24, 2.45) is 17.8 Å². The Hall–Kier alpha value is -0.790. The molecular weight excluding hydrogens is 212 g/mol. The van der Waals surface area contributed by atoms with Crippen LogP contribution in [0.4, 0.5) is 0 Å². The van der Waals surface area contributed by atoms with E-state index in [1.807, 2.05) is 0 Å². The number of hydrogen-bond donors (Lipinski definition) is 0. The molecule has 0 aliphatic heterocycles. The minimum absolute atomic E-state index is 0.227. The second kappa shape index (κ2) is 5.24. The molecule has 2 aliphatic carbocycles. The first kappa shape index (κ1) is 12.7. The average Bonchev–Trinajstić information content (AvgIpc) is 2.63. The van der Waals surface area contributed by atoms with Crippen molar-refractivity contribution in [2.45, 2.75) is 59.0 Å². The average molecular weight is 236 g/mol. The first-order valence-electron chi connectivity index (χ1n) is 6.96. The number of carbonyl (C=O) groups excluding carboxylic acids is 1. The van der Waals surface area contributed by atoms with Crippen molar-refractivity contribution >= 4 is 5.78 Å². The molecule has 1 saturated carbocycles. The third-order valence-electron chi connectivity index (χ3n) is 4.20. The molecule has 2 nitrogen and oxygen atoms in total. The van der Waals surface area contributed by atoms with Crippen LogP contribution in [0, 0.1) is 17.8 Å². The molecule has 0 aromatic rings. The number of ketones is 1. The Morgan fingerprint density at radius 3 is 2.65 bits per heavy atom. The van der Waals surface area contributed by atoms with E-state index in [1.165, 1.54) is 12.8 Å². The van der Waals surface area contributed by atoms with Gasteiger partial charge in [-0.25, -0.2) is 0 Å². The van der Waals surface area contributed by atoms with Gasteiger partial charge in [0, 0.05) is 18.9 Å². The molecule has 0 aromatic heterocycles. The van der Waals surface area contributed by atoms with E-state index in [1.54, 1.807) is 6.08 Å². The molecule has 0 saturated heterocycles. The Labute approximate surface area is 104 Å². The monoisotopic (exact) mass is 236 g/mol. The summed E-state index contributed by atoms with van der Waals surface area (Å²) in [7, 11) is 0. The van der Waals surface area contributed by atoms with Crippen molar-refractivity contribution in [3.63, 3.8) is 0 Å². The van der Waals surface area contributed by atoms with E-state index in [-0.39, 0.29) is 5.78 Å². The SMILES string of the molecule is CC(C)[C@H]1CC[C@H](C)C[C@@H]1OC1=CC(=O)CC1. The molecule has 2 heteroatoms. The van der Waals surface area contributed by atoms with Crippen LogP contribution < -0.4 is 0 Å². The normalized spacial score (nSPS) is 34.0. The highest BCUT2D eigenvalue weighted by molar-refractivity contribution is 5.92. The first-order chi connectivity index (χ1) is 8.06. The largest absolute Gasteiger partial charge is 0.494 e. The van der Waals surface area contributed by atoms with Gasteiger partial charge in [0.15, 0.2) is 5.78 Å². The van der Waals surface area contributed by atoms with E-state index in [0.717, 1.165) is 24.5 Å². The van der Waals surface area contributed by atoms with E-state index >= 15 is 0 Å². The molecular formula is C15H24O2. The molecule has 0 aromatic carbocycles. The molecule has 0 radical (unpaired) electrons. The molecule has 0 amide bonds. The van der Waals surface area contributed by atoms with Gasteiger partial charge in [-0.05, 0) is 30.6 Å². The first-order valence-corrected chi connectivity index (χ1v) is 6.96. The fourth-order valence-electron chi connectivity index (χ4n) is 3.11. The maximum atomic E-state index is 11.2. The van der Waals surface area contributed by atoms with Crippen molar-refractivity contribution in [3.8, 4) is 0 Å². The molecule has 0 N–H and O–H groups in total. The lowest BCUT2D eigenvalue weighted by molar-refractivity contribution is -0.114. The molecule has 0 unspecified atom stereocenters. The molecule has 17 heavy (non-hydrogen) atoms. The molecule has 0 heterocycles. The van der Waals surface area contributed by atoms with Crippen molar-refractivity contribution in [1.29, 1.82) is 0 Å². The maximum absolute atomic E-state index is 11.2. The Balaban J connectivity index is 2.00. The van der Waals surface area contributed by atoms with Gasteiger partial charge in [-0.15, -0.1) is 0 Å². The van der Waals surface area contributed by atoms with Crippen LogP contribution in [0.25, 0.3) is 0 Å². The minimum atomic E-state index is 0.227. The van der Waals surface area contributed by atoms with E-state index in [0.29, 0.717) is 24.4 Å². The van der Waals surface area contributed by atoms with Crippen molar-refractivity contribution < 1.29 is 9.53 Å². The standard InChI is InChI=1S/C15H24O2/c1-10(2)14-7-4-11(3)8-15(14)17-13-6-5-12(16)9-13/h9-11,14-15H,4-8H2,1-3H3/t11-,14+,15-/m0/s1. The van der Waals surface area contributed by atoms with Crippen molar-refractivity contribution in [3.05, 3.63) is 11.8 Å². The highest BCUT2D eigenvalue weighted by atomic mass is 16.5. The number of hydrogen-bond acceptors (Lipinski definition) is 2. The predicted molar refractivity (Wildman–Crippen MR) is 68.5 cm³/mol. The summed E-state index contributed by atoms with van der Waals surface area (Å²) in [5.74, 6) is 3.24. The van der Waals surface area contributed by atoms with E-state index in [9.17, 15) is 4.79 Å². The Bertz CT molecular complexity index is 317. The van der Waals surface area contributed by atoms with Gasteiger partial charge in [0.1, 0.15) is 11.9 Å². The van der Waals surface area contributed by atoms with Crippen LogP contribution in [-0.4, -0.2) is 11.9 Å². The summed E-state index contributed by atoms with van der Waals surface area (Å²) < 4.78 is 6.11. The smallest absolute Gasteiger partial charge is 0.159 e. The summed E-state index contributed by atoms with van der Waals surface area (Å²) in [6.45, 7) is 6.87. The second-order valence-corrected chi connectivity index (χ2v) is 6.06. The predicted octanol–water partition coefficient (Wildman–Crippen LogP) is 3.71. The molecule has 2 aliphatic rings. The number of carbonyl (C=O) groups is 1. The summed E-state index contributed by atoms with van der Waals surface area (Å²) in [5.41, 5.74) is 0. The van der Waals surface area contributed by atoms with Crippen LogP contribution in [0.3, 0.4) is 0 Å². The highest BCUT2D eigenvalue weighted by Gasteiger charge is 2.33. The van der Waals surface area contributed by atoms with Gasteiger partial charge >= 0.3 is 0 Å². The lowest BCUT2D eigenvalue weighted by Crippen LogP contribution is -2.34. The third-order valence-corrected chi connectivity index (χ3v) is 4.20. The van der Waals surface area contributed by atoms with Crippen LogP contribution in [0.2, 0.25) is 0 Å². The van der Waals surface area contributed by atoms with E-state index < -0.39 is 0 Å². The topological polar surface area (TPSA) is 26.3 Å². The van der Waals surface area contributed by atoms with Gasteiger partial charge in [-0.3, -0.25) is 4.79 Å². The third kappa shape index (κ3) is 3.11. The molecule has 96 valence electrons. The number of rotatable bonds is 3. The maximum Gasteiger partial charge on any atom is 0.159 e. The molecule has 0 bridgehead atoms. The fourth-order valence-corrected chi connectivity index (χ4v) is 3.11. The zero-order chi connectivity index (χ0) is 12.4. The summed E-state index contributed by atoms with van der Waals surface area (Å²) in [5, 5.41) is 0. The highest BCUT2D eigenvalue weighted by Crippen LogP contribution is 2.37. The van der Waals surface area contributed by atoms with Crippen LogP contribution in [0.15, 0.2) is 11.8 Å². The Morgan fingerprint density at radius 2 is 2.06 bits per heavy atom. The lowest BCUT2D eigenvalue weighted by atomic mass is 9.75. The summed E-state index contributed by atoms with van der Waals surface area (Å²) in [6.07, 6.45) is 7.23. The number of allylic oxidation sites excluding steroid dienone is 2. The van der Waals surface area contributed by atoms with Gasteiger partial charge in [-0.2, -0.15) is 0 Å². The van der Waals surface area contributed by atoms with Crippen molar-refractivity contribution in [1.82, 2.24) is 0 Å². The van der Waals surface area contributed by atoms with Crippen LogP contribution >= 0.6 is 0 Å². The van der Waals surface area contributed by atoms with Gasteiger partial charge in [0.05, 0.1) is 0 Å². The van der Waals surface area contributed by atoms with E-state index in [4.69, 9.17) is 4.74 Å². The Morgan fingerprint density at radius 1 is 1.29 bits per heavy atom. The minimum Gasteiger partial charge on any atom is -0.494 e. The Kier molecular flexibility index (Phi) is 3.90. The van der Waals surface area contributed by atoms with Gasteiger partial charge in [0.2, 0.25) is 0 Å². The zero-order valence-electron chi connectivity index (χ0n) is 11.2. The van der Waals surface area contributed by atoms with Gasteiger partial charge < -0.3 is 4.74 Å². The molecule has 2 rings (SSSR count). The summed E-state index contributed by atoms with van der Waals surface area (Å²) in [6, 6.07) is 0. The molecule has 1 fully saturated rings. The van der Waals surface area contributed by atoms with Gasteiger partial charge in [-0.1, -0.05) is 27.2 Å². The second-order valence-electron chi connectivity index (χ2n) is 6.06. The fraction of sp³-hybridized carbons (Fsp3) is 0.800. The van der Waals surface area contributed by atoms with E-state index in [2.05, 4.69) is 20.8 Å². The quantitative estimate of drug-likeness (QED) is 0.746. The van der Waals surface area contributed by atoms with Crippen LogP contribution in [0.5, 0.6) is 0 Å². The molecule has 0 spiro atoms. The van der Waals surface area contributed by atoms with Gasteiger partial charge in [0.25, 0.3) is 0 Å². The molecule has 3 atom stereocenters. The van der Waals surface area contributed by atoms with Crippen molar-refractivity contribution in [2.75, 3.05) is 0 Å². The summed E-state index contributed by atoms with van der Waals surface area (Å²) in [4.78, 5) is 11.2. The zero-order valence-corrected chi connectivity index (χ0v) is 11.2.